The Kier molecular flexibility index (Phi) is 14.0. The van der Waals surface area contributed by atoms with Gasteiger partial charge in [-0.25, -0.2) is 13.1 Å². The number of hydrogen-bond acceptors (Lipinski definition) is 9. The van der Waals surface area contributed by atoms with Crippen molar-refractivity contribution in [3.63, 3.8) is 0 Å². The number of ether oxygens (including phenoxy) is 2. The Hall–Kier alpha value is -4.23. The Balaban J connectivity index is 1.43. The molecule has 2 aromatic heterocycles. The van der Waals surface area contributed by atoms with Crippen LogP contribution in [0.1, 0.15) is 97.6 Å². The lowest BCUT2D eigenvalue weighted by Crippen LogP contribution is -2.68. The summed E-state index contributed by atoms with van der Waals surface area (Å²) in [6.07, 6.45) is -7.31. The maximum Gasteiger partial charge on any atom is 0.425 e. The minimum Gasteiger partial charge on any atom is -0.474 e. The van der Waals surface area contributed by atoms with Crippen molar-refractivity contribution in [3.05, 3.63) is 75.7 Å². The highest BCUT2D eigenvalue weighted by Gasteiger charge is 2.56. The zero-order chi connectivity index (χ0) is 41.6. The fourth-order valence-corrected chi connectivity index (χ4v) is 9.60. The predicted octanol–water partition coefficient (Wildman–Crippen LogP) is 7.43. The van der Waals surface area contributed by atoms with Gasteiger partial charge in [0, 0.05) is 56.7 Å². The van der Waals surface area contributed by atoms with E-state index in [1.807, 2.05) is 0 Å². The highest BCUT2D eigenvalue weighted by Crippen LogP contribution is 2.43. The lowest BCUT2D eigenvalue weighted by atomic mass is 9.79. The third kappa shape index (κ3) is 10.1. The molecule has 2 atom stereocenters. The van der Waals surface area contributed by atoms with Crippen LogP contribution in [0.3, 0.4) is 0 Å². The Morgan fingerprint density at radius 3 is 2.37 bits per heavy atom. The lowest BCUT2D eigenvalue weighted by Gasteiger charge is -2.50. The van der Waals surface area contributed by atoms with E-state index >= 15 is 0 Å². The van der Waals surface area contributed by atoms with Gasteiger partial charge < -0.3 is 19.3 Å². The first-order chi connectivity index (χ1) is 26.9. The number of benzene rings is 1. The summed E-state index contributed by atoms with van der Waals surface area (Å²) in [5.74, 6) is -2.77. The molecule has 2 saturated heterocycles. The zero-order valence-corrected chi connectivity index (χ0v) is 33.0. The van der Waals surface area contributed by atoms with Crippen LogP contribution in [-0.2, 0) is 36.7 Å². The molecule has 1 N–H and O–H groups in total. The molecule has 0 saturated carbocycles. The highest BCUT2D eigenvalue weighted by atomic mass is 32.2. The van der Waals surface area contributed by atoms with Crippen LogP contribution in [0.4, 0.5) is 26.3 Å². The Labute approximate surface area is 330 Å². The number of sulfonamides is 1. The first-order valence-electron chi connectivity index (χ1n) is 18.6. The number of amides is 2. The van der Waals surface area contributed by atoms with Crippen molar-refractivity contribution in [2.24, 2.45) is 0 Å². The van der Waals surface area contributed by atoms with Gasteiger partial charge in [0.1, 0.15) is 16.3 Å². The first kappa shape index (κ1) is 43.9. The van der Waals surface area contributed by atoms with E-state index in [4.69, 9.17) is 9.47 Å². The number of likely N-dealkylation sites (tertiary alicyclic amines) is 2. The molecule has 2 aliphatic rings. The summed E-state index contributed by atoms with van der Waals surface area (Å²) in [7, 11) is -4.01. The molecule has 312 valence electrons. The third-order valence-corrected chi connectivity index (χ3v) is 12.6. The first-order valence-corrected chi connectivity index (χ1v) is 21.0. The quantitative estimate of drug-likeness (QED) is 0.101. The molecule has 0 aliphatic carbocycles. The molecule has 0 spiro atoms. The number of carbonyl (C=O) groups is 3. The molecule has 0 bridgehead atoms. The second kappa shape index (κ2) is 18.1. The van der Waals surface area contributed by atoms with Crippen molar-refractivity contribution in [1.29, 1.82) is 0 Å². The summed E-state index contributed by atoms with van der Waals surface area (Å²) < 4.78 is 124. The minimum absolute atomic E-state index is 0.00456. The molecule has 1 aromatic carbocycles. The maximum atomic E-state index is 14.9. The standard InChI is InChI=1S/C38H44F6N4O7S2/c1-3-10-30-36(55-26-23-31(56-24-26)38(42,43)44,17-9-20-48(30)34(50)33-28(37(39,40)41)12-7-18-45-33)35(51)47-21-15-25(16-22-47)27-11-5-6-13-29(27)57(52,53)46-19-8-14-32(49)54-4-2/h5-7,11-13,18,23-25,30,46H,3-4,8-10,14-17,19-22H2,1-2H3/t30-,36+/m1/s1. The number of halogens is 6. The summed E-state index contributed by atoms with van der Waals surface area (Å²) in [4.78, 5) is 46.1. The van der Waals surface area contributed by atoms with Gasteiger partial charge in [0.25, 0.3) is 11.8 Å². The van der Waals surface area contributed by atoms with Gasteiger partial charge in [-0.1, -0.05) is 31.5 Å². The molecule has 2 amide bonds. The largest absolute Gasteiger partial charge is 0.474 e. The fraction of sp³-hybridized carbons (Fsp3) is 0.526. The molecule has 2 aliphatic heterocycles. The molecule has 5 rings (SSSR count). The number of esters is 1. The van der Waals surface area contributed by atoms with Crippen molar-refractivity contribution in [2.75, 3.05) is 32.8 Å². The smallest absolute Gasteiger partial charge is 0.425 e. The molecular formula is C38H44F6N4O7S2. The van der Waals surface area contributed by atoms with Crippen LogP contribution in [0.25, 0.3) is 0 Å². The van der Waals surface area contributed by atoms with Crippen LogP contribution in [-0.4, -0.2) is 85.4 Å². The third-order valence-electron chi connectivity index (χ3n) is 10.1. The van der Waals surface area contributed by atoms with Crippen molar-refractivity contribution in [2.45, 2.75) is 100 Å². The minimum atomic E-state index is -4.92. The SMILES string of the molecule is CCC[C@H]1N(C(=O)c2ncccc2C(F)(F)F)CCC[C@@]1(Oc1csc(C(F)(F)F)c1)C(=O)N1CCC(c2ccccc2S(=O)(=O)NCCCC(=O)OCC)CC1. The van der Waals surface area contributed by atoms with Gasteiger partial charge in [-0.15, -0.1) is 11.3 Å². The van der Waals surface area contributed by atoms with Gasteiger partial charge in [0.15, 0.2) is 0 Å². The number of hydrogen-bond donors (Lipinski definition) is 1. The van der Waals surface area contributed by atoms with Gasteiger partial charge in [0.05, 0.1) is 23.1 Å². The van der Waals surface area contributed by atoms with Crippen LogP contribution in [0, 0.1) is 0 Å². The zero-order valence-electron chi connectivity index (χ0n) is 31.3. The fourth-order valence-electron chi connectivity index (χ4n) is 7.55. The molecule has 19 heteroatoms. The van der Waals surface area contributed by atoms with E-state index in [2.05, 4.69) is 9.71 Å². The summed E-state index contributed by atoms with van der Waals surface area (Å²) in [5.41, 5.74) is -3.60. The van der Waals surface area contributed by atoms with E-state index in [1.54, 1.807) is 32.0 Å². The Bertz CT molecular complexity index is 2000. The van der Waals surface area contributed by atoms with Crippen molar-refractivity contribution >= 4 is 39.1 Å². The number of nitrogens with zero attached hydrogens (tertiary/aromatic N) is 3. The molecule has 11 nitrogen and oxygen atoms in total. The summed E-state index contributed by atoms with van der Waals surface area (Å²) in [6, 6.07) is 7.78. The second-order valence-corrected chi connectivity index (χ2v) is 16.5. The van der Waals surface area contributed by atoms with E-state index in [9.17, 15) is 49.1 Å². The molecule has 0 unspecified atom stereocenters. The van der Waals surface area contributed by atoms with E-state index < -0.39 is 67.9 Å². The topological polar surface area (TPSA) is 135 Å². The molecule has 3 aromatic rings. The van der Waals surface area contributed by atoms with Crippen LogP contribution < -0.4 is 9.46 Å². The van der Waals surface area contributed by atoms with E-state index in [0.29, 0.717) is 23.3 Å². The maximum absolute atomic E-state index is 14.9. The normalized spacial score (nSPS) is 19.7. The monoisotopic (exact) mass is 846 g/mol. The van der Waals surface area contributed by atoms with Gasteiger partial charge in [-0.2, -0.15) is 26.3 Å². The van der Waals surface area contributed by atoms with E-state index in [0.717, 1.165) is 34.7 Å². The molecule has 0 radical (unpaired) electrons. The van der Waals surface area contributed by atoms with Crippen molar-refractivity contribution in [1.82, 2.24) is 19.5 Å². The number of thiophene rings is 1. The molecule has 2 fully saturated rings. The lowest BCUT2D eigenvalue weighted by molar-refractivity contribution is -0.160. The van der Waals surface area contributed by atoms with E-state index in [1.165, 1.54) is 11.0 Å². The van der Waals surface area contributed by atoms with Crippen LogP contribution in [0.5, 0.6) is 5.75 Å². The molecule has 57 heavy (non-hydrogen) atoms. The summed E-state index contributed by atoms with van der Waals surface area (Å²) in [6.45, 7) is 3.73. The van der Waals surface area contributed by atoms with E-state index in [-0.39, 0.29) is 94.3 Å². The van der Waals surface area contributed by atoms with Crippen molar-refractivity contribution < 1.29 is 58.6 Å². The number of alkyl halides is 6. The Morgan fingerprint density at radius 2 is 1.72 bits per heavy atom. The van der Waals surface area contributed by atoms with Gasteiger partial charge in [-0.3, -0.25) is 19.4 Å². The van der Waals surface area contributed by atoms with Gasteiger partial charge >= 0.3 is 18.3 Å². The van der Waals surface area contributed by atoms with Crippen LogP contribution >= 0.6 is 11.3 Å². The summed E-state index contributed by atoms with van der Waals surface area (Å²) in [5, 5.41) is 1.11. The predicted molar refractivity (Wildman–Crippen MR) is 197 cm³/mol. The molecular weight excluding hydrogens is 803 g/mol. The summed E-state index contributed by atoms with van der Waals surface area (Å²) >= 11 is 0.359. The highest BCUT2D eigenvalue weighted by molar-refractivity contribution is 7.89. The molecule has 4 heterocycles. The number of carbonyl (C=O) groups excluding carboxylic acids is 3. The number of pyridine rings is 1. The van der Waals surface area contributed by atoms with Crippen molar-refractivity contribution in [3.8, 4) is 5.75 Å². The number of rotatable bonds is 14. The van der Waals surface area contributed by atoms with Crippen LogP contribution in [0.15, 0.2) is 58.9 Å². The average molecular weight is 847 g/mol. The van der Waals surface area contributed by atoms with Crippen LogP contribution in [0.2, 0.25) is 0 Å². The average Bonchev–Trinajstić information content (AvgIpc) is 3.66. The van der Waals surface area contributed by atoms with Gasteiger partial charge in [-0.05, 0) is 68.7 Å². The number of aromatic nitrogens is 1. The number of piperidine rings is 2. The number of nitrogens with one attached hydrogen (secondary N) is 1. The second-order valence-electron chi connectivity index (χ2n) is 13.9. The Morgan fingerprint density at radius 1 is 1.00 bits per heavy atom. The van der Waals surface area contributed by atoms with Gasteiger partial charge in [0.2, 0.25) is 15.6 Å².